The van der Waals surface area contributed by atoms with E-state index in [1.54, 1.807) is 6.92 Å². The highest BCUT2D eigenvalue weighted by Gasteiger charge is 2.24. The fraction of sp³-hybridized carbons (Fsp3) is 0.611. The lowest BCUT2D eigenvalue weighted by Gasteiger charge is -2.33. The molecule has 0 aromatic heterocycles. The van der Waals surface area contributed by atoms with Gasteiger partial charge in [0.1, 0.15) is 5.75 Å². The molecule has 4 nitrogen and oxygen atoms in total. The summed E-state index contributed by atoms with van der Waals surface area (Å²) >= 11 is 0. The van der Waals surface area contributed by atoms with Crippen LogP contribution in [0.15, 0.2) is 24.3 Å². The standard InChI is InChI=1S/C18H28N2O2.ClH/c1-3-22-17-8-6-15(7-9-17)4-5-16-10-12-20(13-11-16)18(21)14(2)19;/h6-9,14,16H,3-5,10-13,19H2,1-2H3;1H/t14-;/m1./s1. The highest BCUT2D eigenvalue weighted by Crippen LogP contribution is 2.23. The van der Waals surface area contributed by atoms with Crippen LogP contribution in [0.4, 0.5) is 0 Å². The van der Waals surface area contributed by atoms with Crippen LogP contribution in [0, 0.1) is 5.92 Å². The van der Waals surface area contributed by atoms with E-state index in [9.17, 15) is 4.79 Å². The number of rotatable bonds is 6. The number of likely N-dealkylation sites (tertiary alicyclic amines) is 1. The molecule has 2 rings (SSSR count). The Bertz CT molecular complexity index is 468. The topological polar surface area (TPSA) is 55.6 Å². The molecule has 5 heteroatoms. The highest BCUT2D eigenvalue weighted by molar-refractivity contribution is 5.85. The molecular weight excluding hydrogens is 312 g/mol. The first-order valence-corrected chi connectivity index (χ1v) is 8.36. The molecule has 1 heterocycles. The van der Waals surface area contributed by atoms with Crippen LogP contribution >= 0.6 is 12.4 Å². The molecule has 0 unspecified atom stereocenters. The molecule has 1 saturated heterocycles. The van der Waals surface area contributed by atoms with Gasteiger partial charge in [-0.3, -0.25) is 4.79 Å². The van der Waals surface area contributed by atoms with Gasteiger partial charge in [-0.15, -0.1) is 12.4 Å². The average molecular weight is 341 g/mol. The van der Waals surface area contributed by atoms with Gasteiger partial charge in [-0.2, -0.15) is 0 Å². The van der Waals surface area contributed by atoms with Crippen LogP contribution in [-0.2, 0) is 11.2 Å². The molecule has 1 aliphatic heterocycles. The quantitative estimate of drug-likeness (QED) is 0.866. The van der Waals surface area contributed by atoms with Crippen LogP contribution in [0.5, 0.6) is 5.75 Å². The molecule has 1 aromatic carbocycles. The van der Waals surface area contributed by atoms with E-state index in [0.29, 0.717) is 12.5 Å². The lowest BCUT2D eigenvalue weighted by molar-refractivity contribution is -0.133. The van der Waals surface area contributed by atoms with Gasteiger partial charge in [0.15, 0.2) is 0 Å². The minimum atomic E-state index is -0.375. The van der Waals surface area contributed by atoms with Crippen molar-refractivity contribution in [2.45, 2.75) is 45.6 Å². The van der Waals surface area contributed by atoms with Gasteiger partial charge in [-0.25, -0.2) is 0 Å². The zero-order valence-electron chi connectivity index (χ0n) is 14.2. The van der Waals surface area contributed by atoms with Crippen molar-refractivity contribution in [1.82, 2.24) is 4.90 Å². The summed E-state index contributed by atoms with van der Waals surface area (Å²) in [7, 11) is 0. The van der Waals surface area contributed by atoms with Gasteiger partial charge in [-0.1, -0.05) is 12.1 Å². The monoisotopic (exact) mass is 340 g/mol. The predicted octanol–water partition coefficient (Wildman–Crippen LogP) is 3.03. The summed E-state index contributed by atoms with van der Waals surface area (Å²) in [5.74, 6) is 1.74. The van der Waals surface area contributed by atoms with Crippen LogP contribution in [-0.4, -0.2) is 36.5 Å². The zero-order chi connectivity index (χ0) is 15.9. The molecule has 1 aromatic rings. The van der Waals surface area contributed by atoms with Crippen LogP contribution in [0.3, 0.4) is 0 Å². The molecule has 1 fully saturated rings. The minimum absolute atomic E-state index is 0. The Morgan fingerprint density at radius 2 is 1.91 bits per heavy atom. The SMILES string of the molecule is CCOc1ccc(CCC2CCN(C(=O)[C@@H](C)N)CC2)cc1.Cl. The van der Waals surface area contributed by atoms with Crippen LogP contribution in [0.1, 0.15) is 38.7 Å². The van der Waals surface area contributed by atoms with Crippen molar-refractivity contribution in [2.24, 2.45) is 11.7 Å². The number of nitrogens with zero attached hydrogens (tertiary/aromatic N) is 1. The number of piperidine rings is 1. The maximum absolute atomic E-state index is 11.9. The van der Waals surface area contributed by atoms with Crippen molar-refractivity contribution in [3.8, 4) is 5.75 Å². The molecule has 2 N–H and O–H groups in total. The van der Waals surface area contributed by atoms with E-state index in [-0.39, 0.29) is 24.4 Å². The minimum Gasteiger partial charge on any atom is -0.494 e. The number of halogens is 1. The molecule has 1 amide bonds. The van der Waals surface area contributed by atoms with Crippen molar-refractivity contribution in [3.63, 3.8) is 0 Å². The molecule has 0 aliphatic carbocycles. The van der Waals surface area contributed by atoms with E-state index in [1.165, 1.54) is 12.0 Å². The third kappa shape index (κ3) is 6.04. The molecule has 130 valence electrons. The highest BCUT2D eigenvalue weighted by atomic mass is 35.5. The molecule has 1 aliphatic rings. The predicted molar refractivity (Wildman–Crippen MR) is 96.1 cm³/mol. The van der Waals surface area contributed by atoms with E-state index in [2.05, 4.69) is 12.1 Å². The molecular formula is C18H29ClN2O2. The van der Waals surface area contributed by atoms with Crippen molar-refractivity contribution >= 4 is 18.3 Å². The van der Waals surface area contributed by atoms with E-state index in [4.69, 9.17) is 10.5 Å². The first kappa shape index (κ1) is 19.8. The Kier molecular flexibility index (Phi) is 8.42. The number of hydrogen-bond donors (Lipinski definition) is 1. The molecule has 0 spiro atoms. The lowest BCUT2D eigenvalue weighted by atomic mass is 9.90. The summed E-state index contributed by atoms with van der Waals surface area (Å²) < 4.78 is 5.46. The maximum Gasteiger partial charge on any atom is 0.239 e. The Labute approximate surface area is 145 Å². The number of hydrogen-bond acceptors (Lipinski definition) is 3. The van der Waals surface area contributed by atoms with Gasteiger partial charge in [0.05, 0.1) is 12.6 Å². The maximum atomic E-state index is 11.9. The van der Waals surface area contributed by atoms with Crippen LogP contribution in [0.2, 0.25) is 0 Å². The second-order valence-corrected chi connectivity index (χ2v) is 6.17. The second kappa shape index (κ2) is 9.78. The van der Waals surface area contributed by atoms with E-state index in [1.807, 2.05) is 24.0 Å². The van der Waals surface area contributed by atoms with E-state index in [0.717, 1.165) is 38.1 Å². The number of amides is 1. The smallest absolute Gasteiger partial charge is 0.239 e. The summed E-state index contributed by atoms with van der Waals surface area (Å²) in [6.45, 7) is 6.18. The van der Waals surface area contributed by atoms with Crippen molar-refractivity contribution in [1.29, 1.82) is 0 Å². The van der Waals surface area contributed by atoms with Crippen LogP contribution in [0.25, 0.3) is 0 Å². The fourth-order valence-corrected chi connectivity index (χ4v) is 3.02. The molecule has 23 heavy (non-hydrogen) atoms. The molecule has 0 saturated carbocycles. The molecule has 1 atom stereocenters. The number of carbonyl (C=O) groups is 1. The summed E-state index contributed by atoms with van der Waals surface area (Å²) in [5, 5.41) is 0. The first-order valence-electron chi connectivity index (χ1n) is 8.36. The number of benzene rings is 1. The van der Waals surface area contributed by atoms with Crippen LogP contribution < -0.4 is 10.5 Å². The third-order valence-corrected chi connectivity index (χ3v) is 4.39. The van der Waals surface area contributed by atoms with Crippen molar-refractivity contribution in [2.75, 3.05) is 19.7 Å². The number of nitrogens with two attached hydrogens (primary N) is 1. The van der Waals surface area contributed by atoms with Gasteiger partial charge < -0.3 is 15.4 Å². The summed E-state index contributed by atoms with van der Waals surface area (Å²) in [6, 6.07) is 8.02. The molecule has 0 radical (unpaired) electrons. The Morgan fingerprint density at radius 1 is 1.30 bits per heavy atom. The average Bonchev–Trinajstić information content (AvgIpc) is 2.54. The van der Waals surface area contributed by atoms with Gasteiger partial charge in [0.2, 0.25) is 5.91 Å². The summed E-state index contributed by atoms with van der Waals surface area (Å²) in [5.41, 5.74) is 7.03. The third-order valence-electron chi connectivity index (χ3n) is 4.39. The lowest BCUT2D eigenvalue weighted by Crippen LogP contribution is -2.45. The fourth-order valence-electron chi connectivity index (χ4n) is 3.02. The van der Waals surface area contributed by atoms with E-state index >= 15 is 0 Å². The van der Waals surface area contributed by atoms with Gasteiger partial charge >= 0.3 is 0 Å². The van der Waals surface area contributed by atoms with Gasteiger partial charge in [0, 0.05) is 13.1 Å². The zero-order valence-corrected chi connectivity index (χ0v) is 15.0. The number of carbonyl (C=O) groups excluding carboxylic acids is 1. The normalized spacial score (nSPS) is 16.6. The summed E-state index contributed by atoms with van der Waals surface area (Å²) in [4.78, 5) is 13.8. The summed E-state index contributed by atoms with van der Waals surface area (Å²) in [6.07, 6.45) is 4.47. The first-order chi connectivity index (χ1) is 10.6. The Balaban J connectivity index is 0.00000264. The number of ether oxygens (including phenoxy) is 1. The molecule has 0 bridgehead atoms. The van der Waals surface area contributed by atoms with Gasteiger partial charge in [-0.05, 0) is 63.1 Å². The second-order valence-electron chi connectivity index (χ2n) is 6.17. The largest absolute Gasteiger partial charge is 0.494 e. The van der Waals surface area contributed by atoms with Crippen molar-refractivity contribution in [3.05, 3.63) is 29.8 Å². The van der Waals surface area contributed by atoms with Crippen molar-refractivity contribution < 1.29 is 9.53 Å². The number of aryl methyl sites for hydroxylation is 1. The Morgan fingerprint density at radius 3 is 2.43 bits per heavy atom. The van der Waals surface area contributed by atoms with E-state index < -0.39 is 0 Å². The Hall–Kier alpha value is -1.26. The van der Waals surface area contributed by atoms with Gasteiger partial charge in [0.25, 0.3) is 0 Å².